The zero-order valence-corrected chi connectivity index (χ0v) is 13.2. The van der Waals surface area contributed by atoms with Gasteiger partial charge < -0.3 is 14.2 Å². The molecule has 4 nitrogen and oxygen atoms in total. The maximum atomic E-state index is 11.7. The van der Waals surface area contributed by atoms with Gasteiger partial charge in [-0.25, -0.2) is 0 Å². The first-order valence-corrected chi connectivity index (χ1v) is 7.91. The fourth-order valence-electron chi connectivity index (χ4n) is 2.19. The molecule has 0 radical (unpaired) electrons. The van der Waals surface area contributed by atoms with Gasteiger partial charge in [-0.3, -0.25) is 4.79 Å². The van der Waals surface area contributed by atoms with Crippen LogP contribution in [0.1, 0.15) is 25.3 Å². The third kappa shape index (κ3) is 4.25. The van der Waals surface area contributed by atoms with E-state index in [4.69, 9.17) is 14.2 Å². The molecule has 23 heavy (non-hydrogen) atoms. The molecule has 3 rings (SSSR count). The van der Waals surface area contributed by atoms with Gasteiger partial charge in [-0.15, -0.1) is 0 Å². The average molecular weight is 312 g/mol. The van der Waals surface area contributed by atoms with Gasteiger partial charge in [0.1, 0.15) is 12.4 Å². The summed E-state index contributed by atoms with van der Waals surface area (Å²) in [4.78, 5) is 11.7. The van der Waals surface area contributed by atoms with Crippen molar-refractivity contribution in [3.63, 3.8) is 0 Å². The highest BCUT2D eigenvalue weighted by Gasteiger charge is 2.31. The Bertz CT molecular complexity index is 662. The van der Waals surface area contributed by atoms with Crippen molar-refractivity contribution in [3.05, 3.63) is 54.1 Å². The number of hydrogen-bond acceptors (Lipinski definition) is 4. The SMILES string of the molecule is CCOc1cc(OC(=O)C2CC2)ccc1OCc1ccccc1. The topological polar surface area (TPSA) is 44.8 Å². The molecule has 0 aliphatic heterocycles. The molecule has 0 saturated heterocycles. The summed E-state index contributed by atoms with van der Waals surface area (Å²) >= 11 is 0. The predicted molar refractivity (Wildman–Crippen MR) is 86.7 cm³/mol. The second-order valence-electron chi connectivity index (χ2n) is 5.51. The van der Waals surface area contributed by atoms with Gasteiger partial charge in [-0.2, -0.15) is 0 Å². The molecule has 1 aliphatic carbocycles. The van der Waals surface area contributed by atoms with E-state index in [2.05, 4.69) is 0 Å². The number of rotatable bonds is 7. The second-order valence-corrected chi connectivity index (χ2v) is 5.51. The molecule has 0 N–H and O–H groups in total. The molecular weight excluding hydrogens is 292 g/mol. The number of esters is 1. The van der Waals surface area contributed by atoms with Gasteiger partial charge in [-0.1, -0.05) is 30.3 Å². The molecule has 0 spiro atoms. The summed E-state index contributed by atoms with van der Waals surface area (Å²) in [6.07, 6.45) is 1.85. The fraction of sp³-hybridized carbons (Fsp3) is 0.316. The molecule has 1 fully saturated rings. The summed E-state index contributed by atoms with van der Waals surface area (Å²) in [7, 11) is 0. The van der Waals surface area contributed by atoms with Crippen LogP contribution in [0.3, 0.4) is 0 Å². The van der Waals surface area contributed by atoms with E-state index >= 15 is 0 Å². The van der Waals surface area contributed by atoms with Crippen molar-refractivity contribution in [1.82, 2.24) is 0 Å². The summed E-state index contributed by atoms with van der Waals surface area (Å²) in [6, 6.07) is 15.2. The minimum absolute atomic E-state index is 0.0690. The van der Waals surface area contributed by atoms with E-state index in [-0.39, 0.29) is 11.9 Å². The smallest absolute Gasteiger partial charge is 0.314 e. The lowest BCUT2D eigenvalue weighted by Gasteiger charge is -2.13. The molecular formula is C19H20O4. The first-order chi connectivity index (χ1) is 11.3. The Morgan fingerprint density at radius 2 is 1.83 bits per heavy atom. The molecule has 0 atom stereocenters. The Balaban J connectivity index is 1.69. The molecule has 0 unspecified atom stereocenters. The van der Waals surface area contributed by atoms with Crippen molar-refractivity contribution >= 4 is 5.97 Å². The number of hydrogen-bond donors (Lipinski definition) is 0. The largest absolute Gasteiger partial charge is 0.490 e. The highest BCUT2D eigenvalue weighted by Crippen LogP contribution is 2.35. The first-order valence-electron chi connectivity index (χ1n) is 7.91. The van der Waals surface area contributed by atoms with Crippen molar-refractivity contribution in [2.45, 2.75) is 26.4 Å². The van der Waals surface area contributed by atoms with Crippen LogP contribution in [0.4, 0.5) is 0 Å². The van der Waals surface area contributed by atoms with E-state index in [1.54, 1.807) is 18.2 Å². The Hall–Kier alpha value is -2.49. The van der Waals surface area contributed by atoms with Gasteiger partial charge in [-0.05, 0) is 37.5 Å². The Labute approximate surface area is 136 Å². The van der Waals surface area contributed by atoms with Crippen molar-refractivity contribution in [2.24, 2.45) is 5.92 Å². The first kappa shape index (κ1) is 15.4. The van der Waals surface area contributed by atoms with Gasteiger partial charge in [0.15, 0.2) is 11.5 Å². The number of benzene rings is 2. The van der Waals surface area contributed by atoms with Gasteiger partial charge in [0, 0.05) is 6.07 Å². The molecule has 2 aromatic rings. The van der Waals surface area contributed by atoms with E-state index in [9.17, 15) is 4.79 Å². The van der Waals surface area contributed by atoms with Crippen LogP contribution >= 0.6 is 0 Å². The molecule has 0 bridgehead atoms. The molecule has 2 aromatic carbocycles. The van der Waals surface area contributed by atoms with E-state index in [1.807, 2.05) is 37.3 Å². The zero-order chi connectivity index (χ0) is 16.1. The minimum Gasteiger partial charge on any atom is -0.490 e. The lowest BCUT2D eigenvalue weighted by Crippen LogP contribution is -2.10. The zero-order valence-electron chi connectivity index (χ0n) is 13.2. The van der Waals surface area contributed by atoms with E-state index < -0.39 is 0 Å². The molecule has 4 heteroatoms. The van der Waals surface area contributed by atoms with Gasteiger partial charge in [0.25, 0.3) is 0 Å². The lowest BCUT2D eigenvalue weighted by molar-refractivity contribution is -0.135. The number of ether oxygens (including phenoxy) is 3. The molecule has 1 aliphatic rings. The molecule has 0 amide bonds. The van der Waals surface area contributed by atoms with Crippen LogP contribution in [0, 0.1) is 5.92 Å². The quantitative estimate of drug-likeness (QED) is 0.573. The molecule has 120 valence electrons. The van der Waals surface area contributed by atoms with E-state index in [0.29, 0.717) is 30.5 Å². The van der Waals surface area contributed by atoms with Crippen molar-refractivity contribution in [3.8, 4) is 17.2 Å². The Kier molecular flexibility index (Phi) is 4.81. The van der Waals surface area contributed by atoms with E-state index in [0.717, 1.165) is 18.4 Å². The van der Waals surface area contributed by atoms with Crippen LogP contribution in [0.2, 0.25) is 0 Å². The van der Waals surface area contributed by atoms with Crippen LogP contribution < -0.4 is 14.2 Å². The summed E-state index contributed by atoms with van der Waals surface area (Å²) in [5.74, 6) is 1.63. The van der Waals surface area contributed by atoms with Gasteiger partial charge in [0.05, 0.1) is 12.5 Å². The number of carbonyl (C=O) groups is 1. The van der Waals surface area contributed by atoms with Crippen LogP contribution in [0.5, 0.6) is 17.2 Å². The molecule has 0 heterocycles. The minimum atomic E-state index is -0.162. The summed E-state index contributed by atoms with van der Waals surface area (Å²) in [6.45, 7) is 2.88. The Morgan fingerprint density at radius 1 is 1.04 bits per heavy atom. The highest BCUT2D eigenvalue weighted by molar-refractivity contribution is 5.77. The normalized spacial score (nSPS) is 13.4. The fourth-order valence-corrected chi connectivity index (χ4v) is 2.19. The Morgan fingerprint density at radius 3 is 2.52 bits per heavy atom. The standard InChI is InChI=1S/C19H20O4/c1-2-21-18-12-16(23-19(20)15-8-9-15)10-11-17(18)22-13-14-6-4-3-5-7-14/h3-7,10-12,15H,2,8-9,13H2,1H3. The summed E-state index contributed by atoms with van der Waals surface area (Å²) in [5.41, 5.74) is 1.08. The van der Waals surface area contributed by atoms with Crippen molar-refractivity contribution in [2.75, 3.05) is 6.61 Å². The maximum absolute atomic E-state index is 11.7. The van der Waals surface area contributed by atoms with Crippen LogP contribution in [0.25, 0.3) is 0 Å². The molecule has 0 aromatic heterocycles. The molecule has 1 saturated carbocycles. The second kappa shape index (κ2) is 7.18. The van der Waals surface area contributed by atoms with Crippen LogP contribution in [-0.2, 0) is 11.4 Å². The van der Waals surface area contributed by atoms with Crippen molar-refractivity contribution in [1.29, 1.82) is 0 Å². The van der Waals surface area contributed by atoms with Gasteiger partial charge >= 0.3 is 5.97 Å². The van der Waals surface area contributed by atoms with Crippen LogP contribution in [-0.4, -0.2) is 12.6 Å². The average Bonchev–Trinajstić information content (AvgIpc) is 3.40. The maximum Gasteiger partial charge on any atom is 0.314 e. The van der Waals surface area contributed by atoms with E-state index in [1.165, 1.54) is 0 Å². The summed E-state index contributed by atoms with van der Waals surface area (Å²) < 4.78 is 16.8. The third-order valence-electron chi connectivity index (χ3n) is 3.58. The predicted octanol–water partition coefficient (Wildman–Crippen LogP) is 3.98. The number of carbonyl (C=O) groups excluding carboxylic acids is 1. The summed E-state index contributed by atoms with van der Waals surface area (Å²) in [5, 5.41) is 0. The highest BCUT2D eigenvalue weighted by atomic mass is 16.5. The van der Waals surface area contributed by atoms with Crippen molar-refractivity contribution < 1.29 is 19.0 Å². The van der Waals surface area contributed by atoms with Gasteiger partial charge in [0.2, 0.25) is 0 Å². The lowest BCUT2D eigenvalue weighted by atomic mass is 10.2. The monoisotopic (exact) mass is 312 g/mol. The van der Waals surface area contributed by atoms with Crippen LogP contribution in [0.15, 0.2) is 48.5 Å². The third-order valence-corrected chi connectivity index (χ3v) is 3.58.